The number of aliphatic imine (C=N–C) groups is 2. The molecule has 0 unspecified atom stereocenters. The first-order valence-corrected chi connectivity index (χ1v) is 9.75. The van der Waals surface area contributed by atoms with E-state index in [1.807, 2.05) is 44.2 Å². The summed E-state index contributed by atoms with van der Waals surface area (Å²) in [5, 5.41) is 3.30. The Balaban J connectivity index is 1.68. The number of rotatable bonds is 4. The molecule has 0 atom stereocenters. The minimum atomic E-state index is -0.554. The third-order valence-electron chi connectivity index (χ3n) is 3.56. The van der Waals surface area contributed by atoms with Gasteiger partial charge >= 0.3 is 0 Å². The van der Waals surface area contributed by atoms with Crippen LogP contribution in [0.2, 0.25) is 0 Å². The maximum Gasteiger partial charge on any atom is 0.234 e. The molecule has 0 radical (unpaired) electrons. The Labute approximate surface area is 164 Å². The lowest BCUT2D eigenvalue weighted by Crippen LogP contribution is -2.18. The lowest BCUT2D eigenvalue weighted by molar-refractivity contribution is -0.113. The van der Waals surface area contributed by atoms with Gasteiger partial charge in [0.2, 0.25) is 5.91 Å². The van der Waals surface area contributed by atoms with Crippen LogP contribution in [0, 0.1) is 5.82 Å². The molecule has 1 aliphatic heterocycles. The standard InChI is InChI=1S/C19H17BrFN3OS/c1-19(2)23-17(12-6-4-3-5-7-12)18(24-19)26-11-16(25)22-15-9-8-13(20)10-14(15)21/h3-10H,11H2,1-2H3,(H,22,25). The summed E-state index contributed by atoms with van der Waals surface area (Å²) in [4.78, 5) is 21.5. The Kier molecular flexibility index (Phi) is 5.58. The number of benzene rings is 2. The first-order valence-electron chi connectivity index (χ1n) is 7.97. The quantitative estimate of drug-likeness (QED) is 0.745. The van der Waals surface area contributed by atoms with E-state index in [0.717, 1.165) is 11.3 Å². The summed E-state index contributed by atoms with van der Waals surface area (Å²) in [5.74, 6) is -0.657. The molecule has 1 aliphatic rings. The second-order valence-corrected chi connectivity index (χ2v) is 8.08. The number of thioether (sulfide) groups is 1. The zero-order valence-corrected chi connectivity index (χ0v) is 16.7. The molecule has 1 N–H and O–H groups in total. The van der Waals surface area contributed by atoms with Gasteiger partial charge < -0.3 is 5.32 Å². The highest BCUT2D eigenvalue weighted by Gasteiger charge is 2.28. The number of hydrogen-bond donors (Lipinski definition) is 1. The molecule has 0 saturated heterocycles. The lowest BCUT2D eigenvalue weighted by atomic mass is 10.1. The Morgan fingerprint density at radius 3 is 2.62 bits per heavy atom. The van der Waals surface area contributed by atoms with Crippen molar-refractivity contribution >= 4 is 50.0 Å². The van der Waals surface area contributed by atoms with Gasteiger partial charge in [-0.1, -0.05) is 58.0 Å². The Hall–Kier alpha value is -1.99. The van der Waals surface area contributed by atoms with E-state index in [1.54, 1.807) is 6.07 Å². The highest BCUT2D eigenvalue weighted by molar-refractivity contribution is 9.10. The van der Waals surface area contributed by atoms with E-state index in [9.17, 15) is 9.18 Å². The summed E-state index contributed by atoms with van der Waals surface area (Å²) in [5.41, 5.74) is 1.35. The molecule has 2 aromatic carbocycles. The summed E-state index contributed by atoms with van der Waals surface area (Å²) >= 11 is 4.49. The van der Waals surface area contributed by atoms with Gasteiger partial charge in [0.15, 0.2) is 0 Å². The largest absolute Gasteiger partial charge is 0.323 e. The van der Waals surface area contributed by atoms with Crippen molar-refractivity contribution in [2.45, 2.75) is 19.5 Å². The Morgan fingerprint density at radius 2 is 1.92 bits per heavy atom. The molecule has 7 heteroatoms. The third-order valence-corrected chi connectivity index (χ3v) is 5.01. The fourth-order valence-electron chi connectivity index (χ4n) is 2.44. The molecule has 0 aliphatic carbocycles. The van der Waals surface area contributed by atoms with Gasteiger partial charge in [-0.15, -0.1) is 0 Å². The van der Waals surface area contributed by atoms with Gasteiger partial charge in [-0.2, -0.15) is 0 Å². The molecule has 0 bridgehead atoms. The lowest BCUT2D eigenvalue weighted by Gasteiger charge is -2.08. The van der Waals surface area contributed by atoms with Gasteiger partial charge in [-0.05, 0) is 32.0 Å². The monoisotopic (exact) mass is 433 g/mol. The van der Waals surface area contributed by atoms with Crippen molar-refractivity contribution in [3.8, 4) is 0 Å². The van der Waals surface area contributed by atoms with Crippen molar-refractivity contribution in [1.29, 1.82) is 0 Å². The fraction of sp³-hybridized carbons (Fsp3) is 0.211. The second-order valence-electron chi connectivity index (χ2n) is 6.20. The summed E-state index contributed by atoms with van der Waals surface area (Å²) in [6.07, 6.45) is 0. The molecule has 0 fully saturated rings. The van der Waals surface area contributed by atoms with Crippen LogP contribution in [0.25, 0.3) is 0 Å². The van der Waals surface area contributed by atoms with Crippen molar-refractivity contribution < 1.29 is 9.18 Å². The summed E-state index contributed by atoms with van der Waals surface area (Å²) < 4.78 is 14.5. The maximum absolute atomic E-state index is 13.8. The fourth-order valence-corrected chi connectivity index (χ4v) is 3.70. The highest BCUT2D eigenvalue weighted by Crippen LogP contribution is 2.27. The van der Waals surface area contributed by atoms with Gasteiger partial charge in [0.05, 0.1) is 17.2 Å². The number of nitrogens with one attached hydrogen (secondary N) is 1. The molecule has 2 aromatic rings. The van der Waals surface area contributed by atoms with Crippen LogP contribution in [0.15, 0.2) is 63.0 Å². The second kappa shape index (κ2) is 7.72. The van der Waals surface area contributed by atoms with Crippen LogP contribution in [-0.4, -0.2) is 28.1 Å². The maximum atomic E-state index is 13.8. The normalized spacial score (nSPS) is 15.4. The molecule has 1 amide bonds. The van der Waals surface area contributed by atoms with E-state index in [1.165, 1.54) is 23.9 Å². The number of carbonyl (C=O) groups excluding carboxylic acids is 1. The molecule has 0 saturated carbocycles. The molecule has 134 valence electrons. The van der Waals surface area contributed by atoms with E-state index < -0.39 is 11.5 Å². The van der Waals surface area contributed by atoms with Crippen molar-refractivity contribution in [2.75, 3.05) is 11.1 Å². The smallest absolute Gasteiger partial charge is 0.234 e. The van der Waals surface area contributed by atoms with Crippen LogP contribution in [0.4, 0.5) is 10.1 Å². The van der Waals surface area contributed by atoms with Crippen molar-refractivity contribution in [2.24, 2.45) is 9.98 Å². The number of halogens is 2. The van der Waals surface area contributed by atoms with Crippen molar-refractivity contribution in [3.05, 3.63) is 64.4 Å². The Morgan fingerprint density at radius 1 is 1.19 bits per heavy atom. The molecule has 3 rings (SSSR count). The van der Waals surface area contributed by atoms with Crippen molar-refractivity contribution in [1.82, 2.24) is 0 Å². The number of nitrogens with zero attached hydrogens (tertiary/aromatic N) is 2. The minimum absolute atomic E-state index is 0.121. The van der Waals surface area contributed by atoms with Gasteiger partial charge in [-0.25, -0.2) is 9.38 Å². The summed E-state index contributed by atoms with van der Waals surface area (Å²) in [6, 6.07) is 14.3. The summed E-state index contributed by atoms with van der Waals surface area (Å²) in [7, 11) is 0. The van der Waals surface area contributed by atoms with Crippen molar-refractivity contribution in [3.63, 3.8) is 0 Å². The van der Waals surface area contributed by atoms with Crippen LogP contribution in [0.3, 0.4) is 0 Å². The third kappa shape index (κ3) is 4.59. The van der Waals surface area contributed by atoms with Crippen LogP contribution < -0.4 is 5.32 Å². The zero-order chi connectivity index (χ0) is 18.7. The predicted molar refractivity (Wildman–Crippen MR) is 110 cm³/mol. The molecular formula is C19H17BrFN3OS. The molecule has 1 heterocycles. The van der Waals surface area contributed by atoms with Gasteiger partial charge in [0.1, 0.15) is 16.5 Å². The number of amides is 1. The molecule has 26 heavy (non-hydrogen) atoms. The van der Waals surface area contributed by atoms with Gasteiger partial charge in [0, 0.05) is 10.0 Å². The molecule has 4 nitrogen and oxygen atoms in total. The topological polar surface area (TPSA) is 53.8 Å². The first-order chi connectivity index (χ1) is 12.3. The van der Waals surface area contributed by atoms with Crippen LogP contribution in [-0.2, 0) is 4.79 Å². The van der Waals surface area contributed by atoms with E-state index >= 15 is 0 Å². The van der Waals surface area contributed by atoms with E-state index in [0.29, 0.717) is 9.52 Å². The Bertz CT molecular complexity index is 897. The average molecular weight is 434 g/mol. The first kappa shape index (κ1) is 18.8. The number of anilines is 1. The average Bonchev–Trinajstić information content (AvgIpc) is 2.91. The molecule has 0 aromatic heterocycles. The van der Waals surface area contributed by atoms with E-state index in [-0.39, 0.29) is 17.3 Å². The predicted octanol–water partition coefficient (Wildman–Crippen LogP) is 4.90. The zero-order valence-electron chi connectivity index (χ0n) is 14.3. The molecular weight excluding hydrogens is 417 g/mol. The highest BCUT2D eigenvalue weighted by atomic mass is 79.9. The van der Waals surface area contributed by atoms with Gasteiger partial charge in [0.25, 0.3) is 0 Å². The van der Waals surface area contributed by atoms with Crippen LogP contribution >= 0.6 is 27.7 Å². The SMILES string of the molecule is CC1(C)N=C(SCC(=O)Nc2ccc(Br)cc2F)C(c2ccccc2)=N1. The van der Waals surface area contributed by atoms with Gasteiger partial charge in [-0.3, -0.25) is 9.79 Å². The van der Waals surface area contributed by atoms with Crippen LogP contribution in [0.5, 0.6) is 0 Å². The number of hydrogen-bond acceptors (Lipinski definition) is 4. The number of carbonyl (C=O) groups is 1. The van der Waals surface area contributed by atoms with E-state index in [2.05, 4.69) is 31.2 Å². The van der Waals surface area contributed by atoms with Crippen LogP contribution in [0.1, 0.15) is 19.4 Å². The summed E-state index contributed by atoms with van der Waals surface area (Å²) in [6.45, 7) is 3.83. The molecule has 0 spiro atoms. The van der Waals surface area contributed by atoms with E-state index in [4.69, 9.17) is 0 Å². The minimum Gasteiger partial charge on any atom is -0.323 e.